The summed E-state index contributed by atoms with van der Waals surface area (Å²) in [6.07, 6.45) is 13.7. The van der Waals surface area contributed by atoms with Crippen molar-refractivity contribution in [3.63, 3.8) is 0 Å². The van der Waals surface area contributed by atoms with Gasteiger partial charge < -0.3 is 40.9 Å². The third-order valence-corrected chi connectivity index (χ3v) is 23.1. The summed E-state index contributed by atoms with van der Waals surface area (Å²) in [6, 6.07) is 21.4. The molecule has 6 aromatic heterocycles. The number of benzene rings is 3. The summed E-state index contributed by atoms with van der Waals surface area (Å²) in [5.74, 6) is 2.91. The van der Waals surface area contributed by atoms with Gasteiger partial charge in [0, 0.05) is 61.7 Å². The van der Waals surface area contributed by atoms with Crippen LogP contribution in [0.5, 0.6) is 5.75 Å². The van der Waals surface area contributed by atoms with E-state index < -0.39 is 22.3 Å². The molecule has 9 N–H and O–H groups in total. The Bertz CT molecular complexity index is 4430. The minimum absolute atomic E-state index is 0.0933. The highest BCUT2D eigenvalue weighted by molar-refractivity contribution is 7.84. The predicted molar refractivity (Wildman–Crippen MR) is 400 cm³/mol. The minimum Gasteiger partial charge on any atom is -0.537 e. The molecule has 3 fully saturated rings. The molecule has 12 rings (SSSR count). The SMILES string of the molecule is C[C@H]1C[C@H](Nc2ncncc2C(=O)c2cc(CCl)cs2)C[C@@H]1CO.C[C@H]1C[C@H](Nc2ncncc2C(=O)c2cc(Cc3ccc(Cl)c(Cl)c3)cs2)C[C@@H]1CO.NS(=O)(=O)OC[C@H]1C[C@@H](Nc2ncncc2C(=O)c2cc(Cc3ccc(Cl)c(Cl)c3)cs2)C[C@@H]1O.O[B]Oc1ccc(Cl)c(Cl)c1. The van der Waals surface area contributed by atoms with Crippen LogP contribution in [-0.2, 0) is 33.2 Å². The van der Waals surface area contributed by atoms with E-state index in [1.54, 1.807) is 42.7 Å². The van der Waals surface area contributed by atoms with Crippen molar-refractivity contribution in [1.82, 2.24) is 29.9 Å². The molecule has 3 aliphatic carbocycles. The van der Waals surface area contributed by atoms with Crippen LogP contribution in [0.2, 0.25) is 30.1 Å². The number of nitrogens with one attached hydrogen (secondary N) is 3. The van der Waals surface area contributed by atoms with Gasteiger partial charge in [-0.15, -0.1) is 45.6 Å². The number of aliphatic hydroxyl groups is 3. The van der Waals surface area contributed by atoms with Crippen LogP contribution in [0.1, 0.15) is 126 Å². The Morgan fingerprint density at radius 1 is 0.545 bits per heavy atom. The minimum atomic E-state index is -4.09. The van der Waals surface area contributed by atoms with Crippen LogP contribution in [0.3, 0.4) is 0 Å². The normalized spacial score (nSPS) is 19.9. The molecule has 101 heavy (non-hydrogen) atoms. The Morgan fingerprint density at radius 2 is 0.931 bits per heavy atom. The van der Waals surface area contributed by atoms with E-state index in [4.69, 9.17) is 91.4 Å². The fourth-order valence-electron chi connectivity index (χ4n) is 11.9. The van der Waals surface area contributed by atoms with E-state index in [2.05, 4.69) is 68.5 Å². The number of halogens is 7. The number of ketones is 3. The molecule has 0 aliphatic heterocycles. The van der Waals surface area contributed by atoms with Crippen LogP contribution >= 0.6 is 115 Å². The third-order valence-electron chi connectivity index (χ3n) is 17.2. The maximum atomic E-state index is 13.2. The van der Waals surface area contributed by atoms with Crippen LogP contribution in [0.4, 0.5) is 17.5 Å². The Balaban J connectivity index is 0.000000166. The zero-order valence-electron chi connectivity index (χ0n) is 54.1. The maximum absolute atomic E-state index is 13.2. The van der Waals surface area contributed by atoms with E-state index in [9.17, 15) is 38.1 Å². The Morgan fingerprint density at radius 3 is 1.30 bits per heavy atom. The fourth-order valence-corrected chi connectivity index (χ4v) is 16.1. The van der Waals surface area contributed by atoms with Crippen molar-refractivity contribution in [2.24, 2.45) is 34.7 Å². The molecule has 1 radical (unpaired) electrons. The van der Waals surface area contributed by atoms with Gasteiger partial charge in [0.2, 0.25) is 17.3 Å². The number of anilines is 3. The Labute approximate surface area is 632 Å². The highest BCUT2D eigenvalue weighted by atomic mass is 35.5. The molecular formula is C68H69BCl7N10O11S4. The molecule has 0 unspecified atom stereocenters. The molecule has 3 aromatic carbocycles. The number of aliphatic hydroxyl groups excluding tert-OH is 3. The topological polar surface area (TPSA) is 324 Å². The first-order valence-electron chi connectivity index (χ1n) is 31.5. The summed E-state index contributed by atoms with van der Waals surface area (Å²) in [5, 5.41) is 61.0. The molecule has 533 valence electrons. The van der Waals surface area contributed by atoms with E-state index in [1.165, 1.54) is 65.3 Å². The Hall–Kier alpha value is -5.99. The lowest BCUT2D eigenvalue weighted by atomic mass is 10.00. The van der Waals surface area contributed by atoms with E-state index in [0.29, 0.717) is 142 Å². The zero-order valence-corrected chi connectivity index (χ0v) is 62.6. The fraction of sp³-hybridized carbons (Fsp3) is 0.338. The van der Waals surface area contributed by atoms with Gasteiger partial charge in [0.25, 0.3) is 0 Å². The van der Waals surface area contributed by atoms with Gasteiger partial charge in [-0.1, -0.05) is 95.6 Å². The Kier molecular flexibility index (Phi) is 29.5. The summed E-state index contributed by atoms with van der Waals surface area (Å²) in [5.41, 5.74) is 6.17. The second kappa shape index (κ2) is 37.6. The number of carbonyl (C=O) groups is 3. The van der Waals surface area contributed by atoms with Gasteiger partial charge in [-0.3, -0.25) is 18.6 Å². The highest BCUT2D eigenvalue weighted by Gasteiger charge is 2.36. The quantitative estimate of drug-likeness (QED) is 0.0158. The molecule has 0 amide bonds. The van der Waals surface area contributed by atoms with Gasteiger partial charge in [-0.2, -0.15) is 8.42 Å². The number of nitrogens with two attached hydrogens (primary N) is 1. The average Bonchev–Trinajstić information content (AvgIpc) is 1.73. The lowest BCUT2D eigenvalue weighted by Gasteiger charge is -2.15. The van der Waals surface area contributed by atoms with Gasteiger partial charge in [0.05, 0.1) is 74.2 Å². The van der Waals surface area contributed by atoms with Crippen LogP contribution in [0.15, 0.2) is 127 Å². The molecule has 3 saturated carbocycles. The van der Waals surface area contributed by atoms with Crippen LogP contribution in [0, 0.1) is 29.6 Å². The maximum Gasteiger partial charge on any atom is 0.569 e. The lowest BCUT2D eigenvalue weighted by molar-refractivity contribution is 0.100. The van der Waals surface area contributed by atoms with Gasteiger partial charge in [0.1, 0.15) is 42.2 Å². The van der Waals surface area contributed by atoms with Crippen molar-refractivity contribution in [3.8, 4) is 5.75 Å². The number of alkyl halides is 1. The molecule has 0 bridgehead atoms. The predicted octanol–water partition coefficient (Wildman–Crippen LogP) is 14.1. The summed E-state index contributed by atoms with van der Waals surface area (Å²) < 4.78 is 31.4. The largest absolute Gasteiger partial charge is 0.569 e. The molecule has 0 spiro atoms. The number of aromatic nitrogens is 6. The molecule has 33 heteroatoms. The number of thiophene rings is 3. The van der Waals surface area contributed by atoms with Gasteiger partial charge in [-0.05, 0) is 180 Å². The van der Waals surface area contributed by atoms with Crippen LogP contribution in [-0.4, -0.2) is 128 Å². The van der Waals surface area contributed by atoms with E-state index in [-0.39, 0.29) is 61.2 Å². The number of hydrogen-bond donors (Lipinski definition) is 8. The van der Waals surface area contributed by atoms with E-state index in [0.717, 1.165) is 53.5 Å². The second-order valence-electron chi connectivity index (χ2n) is 24.5. The van der Waals surface area contributed by atoms with Crippen molar-refractivity contribution in [2.45, 2.75) is 95.3 Å². The lowest BCUT2D eigenvalue weighted by Crippen LogP contribution is -2.24. The number of rotatable bonds is 24. The molecule has 9 aromatic rings. The zero-order chi connectivity index (χ0) is 72.5. The summed E-state index contributed by atoms with van der Waals surface area (Å²) >= 11 is 45.4. The van der Waals surface area contributed by atoms with Crippen molar-refractivity contribution in [1.29, 1.82) is 0 Å². The number of carbonyl (C=O) groups excluding carboxylic acids is 3. The summed E-state index contributed by atoms with van der Waals surface area (Å²) in [6.45, 7) is 4.46. The highest BCUT2D eigenvalue weighted by Crippen LogP contribution is 2.37. The molecule has 6 heterocycles. The van der Waals surface area contributed by atoms with Crippen molar-refractivity contribution < 1.29 is 52.0 Å². The van der Waals surface area contributed by atoms with Crippen molar-refractivity contribution >= 4 is 168 Å². The van der Waals surface area contributed by atoms with E-state index >= 15 is 0 Å². The van der Waals surface area contributed by atoms with Crippen molar-refractivity contribution in [2.75, 3.05) is 35.8 Å². The smallest absolute Gasteiger partial charge is 0.537 e. The number of hydrogen-bond acceptors (Lipinski definition) is 23. The van der Waals surface area contributed by atoms with Gasteiger partial charge >= 0.3 is 18.0 Å². The van der Waals surface area contributed by atoms with E-state index in [1.807, 2.05) is 52.5 Å². The van der Waals surface area contributed by atoms with Crippen LogP contribution in [0.25, 0.3) is 0 Å². The molecular weight excluding hydrogens is 1520 g/mol. The van der Waals surface area contributed by atoms with Gasteiger partial charge in [-0.25, -0.2) is 35.0 Å². The molecule has 3 aliphatic rings. The number of nitrogens with zero attached hydrogens (tertiary/aromatic N) is 6. The average molecular weight is 1590 g/mol. The van der Waals surface area contributed by atoms with Crippen molar-refractivity contribution in [3.05, 3.63) is 216 Å². The standard InChI is InChI=1S/C23H23Cl2N3O2S.C22H22Cl2N4O5S2.C17H20ClN3O2S.C6H4BCl2O2/c1-13-4-17(8-16(13)10-29)28-23-18(9-26-12-27-23)22(30)21-7-15(11-31-21)5-14-2-3-19(24)20(25)6-14;23-17-2-1-12(4-18(17)24)3-13-5-20(34-10-13)21(30)16-8-26-11-27-22(16)28-15-6-14(19(29)7-15)9-33-35(25,31)32;1-10-2-13(4-12(10)7-22)21-17-14(6-19-9-20-17)16(23)15-3-11(5-18)8-24-15;8-5-2-1-4(11-7-10)3-6(5)9/h2-3,6-7,9,11-13,16-17,29H,4-5,8,10H2,1H3,(H,26,27,28);1-2,4-5,8,10-11,14-15,19,29H,3,6-7,9H2,(H2,25,31,32)(H,26,27,28);3,6,8-10,12-13,22H,2,4-5,7H2,1H3,(H,19,20,21);1-3,10H/t13-,16+,17-;14-,15-,19+;10-,12+,13-;/m010./s1. The third kappa shape index (κ3) is 22.5. The summed E-state index contributed by atoms with van der Waals surface area (Å²) in [7, 11) is -3.51. The first kappa shape index (κ1) is 79.1. The molecule has 21 nitrogen and oxygen atoms in total. The first-order valence-corrected chi connectivity index (χ1v) is 38.4. The monoisotopic (exact) mass is 1590 g/mol. The van der Waals surface area contributed by atoms with Gasteiger partial charge in [0.15, 0.2) is 0 Å². The second-order valence-corrected chi connectivity index (χ2v) is 31.1. The first-order chi connectivity index (χ1) is 48.4. The molecule has 0 saturated heterocycles. The van der Waals surface area contributed by atoms with Crippen LogP contribution < -0.4 is 25.7 Å². The molecule has 9 atom stereocenters. The summed E-state index contributed by atoms with van der Waals surface area (Å²) in [4.78, 5) is 65.9.